The molecule has 2 fully saturated rings. The van der Waals surface area contributed by atoms with Crippen LogP contribution in [0.4, 0.5) is 13.2 Å². The maximum Gasteiger partial charge on any atom is 0.416 e. The van der Waals surface area contributed by atoms with Gasteiger partial charge >= 0.3 is 6.18 Å². The predicted octanol–water partition coefficient (Wildman–Crippen LogP) is 6.36. The van der Waals surface area contributed by atoms with Gasteiger partial charge in [0.15, 0.2) is 0 Å². The molecule has 3 aromatic rings. The summed E-state index contributed by atoms with van der Waals surface area (Å²) in [5, 5.41) is 3.62. The number of nitrogens with zero attached hydrogens (tertiary/aromatic N) is 2. The van der Waals surface area contributed by atoms with E-state index in [1.165, 1.54) is 23.5 Å². The summed E-state index contributed by atoms with van der Waals surface area (Å²) < 4.78 is 39.4. The lowest BCUT2D eigenvalue weighted by molar-refractivity contribution is -0.137. The molecule has 2 amide bonds. The quantitative estimate of drug-likeness (QED) is 0.409. The first kappa shape index (κ1) is 26.4. The molecule has 5 nitrogen and oxygen atoms in total. The fourth-order valence-corrected chi connectivity index (χ4v) is 6.97. The van der Waals surface area contributed by atoms with E-state index in [-0.39, 0.29) is 30.0 Å². The van der Waals surface area contributed by atoms with Crippen LogP contribution in [-0.4, -0.2) is 40.8 Å². The average molecular weight is 542 g/mol. The Morgan fingerprint density at radius 3 is 2.61 bits per heavy atom. The Morgan fingerprint density at radius 2 is 1.87 bits per heavy atom. The standard InChI is InChI=1S/C29H30F3N3O2S/c1-16-6-4-7-19(10-16)26-25(34-18(3)38-26)28(37)35-15-21-11-17(2)12-23(21)24(35)14-33-27(36)20-8-5-9-22(13-20)29(30,31)32/h4-10,13,17,21,23-24H,11-12,14-15H2,1-3H3,(H,33,36)/t17?,21-,23-,24+/m0/s1. The average Bonchev–Trinajstić information content (AvgIpc) is 3.53. The van der Waals surface area contributed by atoms with E-state index in [2.05, 4.69) is 17.2 Å². The summed E-state index contributed by atoms with van der Waals surface area (Å²) in [4.78, 5) is 34.1. The van der Waals surface area contributed by atoms with Crippen LogP contribution < -0.4 is 5.32 Å². The maximum atomic E-state index is 14.0. The number of nitrogens with one attached hydrogen (secondary N) is 1. The molecule has 5 rings (SSSR count). The molecule has 0 spiro atoms. The van der Waals surface area contributed by atoms with Crippen LogP contribution in [0.5, 0.6) is 0 Å². The van der Waals surface area contributed by atoms with E-state index < -0.39 is 17.6 Å². The molecule has 0 radical (unpaired) electrons. The van der Waals surface area contributed by atoms with Crippen molar-refractivity contribution in [3.05, 3.63) is 75.9 Å². The second-order valence-corrected chi connectivity index (χ2v) is 11.8. The van der Waals surface area contributed by atoms with Gasteiger partial charge in [-0.2, -0.15) is 13.2 Å². The second-order valence-electron chi connectivity index (χ2n) is 10.6. The summed E-state index contributed by atoms with van der Waals surface area (Å²) in [6.45, 7) is 6.85. The van der Waals surface area contributed by atoms with Crippen LogP contribution in [0.1, 0.15) is 56.7 Å². The molecular formula is C29H30F3N3O2S. The van der Waals surface area contributed by atoms with E-state index in [0.717, 1.165) is 46.0 Å². The molecule has 2 aromatic carbocycles. The van der Waals surface area contributed by atoms with E-state index in [9.17, 15) is 22.8 Å². The molecule has 1 saturated heterocycles. The van der Waals surface area contributed by atoms with Gasteiger partial charge in [-0.25, -0.2) is 4.98 Å². The minimum Gasteiger partial charge on any atom is -0.350 e. The molecule has 2 aliphatic rings. The number of aromatic nitrogens is 1. The van der Waals surface area contributed by atoms with Gasteiger partial charge in [-0.15, -0.1) is 11.3 Å². The summed E-state index contributed by atoms with van der Waals surface area (Å²) in [5.74, 6) is 0.326. The highest BCUT2D eigenvalue weighted by molar-refractivity contribution is 7.15. The highest BCUT2D eigenvalue weighted by Gasteiger charge is 2.48. The lowest BCUT2D eigenvalue weighted by Crippen LogP contribution is -2.46. The minimum atomic E-state index is -4.53. The Hall–Kier alpha value is -3.20. The number of rotatable bonds is 5. The number of hydrogen-bond acceptors (Lipinski definition) is 4. The van der Waals surface area contributed by atoms with Gasteiger partial charge in [-0.1, -0.05) is 42.8 Å². The van der Waals surface area contributed by atoms with Crippen molar-refractivity contribution in [3.8, 4) is 10.4 Å². The number of fused-ring (bicyclic) bond motifs is 1. The van der Waals surface area contributed by atoms with E-state index in [1.807, 2.05) is 43.0 Å². The fourth-order valence-electron chi connectivity index (χ4n) is 6.07. The molecule has 38 heavy (non-hydrogen) atoms. The van der Waals surface area contributed by atoms with Crippen LogP contribution in [-0.2, 0) is 6.18 Å². The first-order chi connectivity index (χ1) is 18.0. The van der Waals surface area contributed by atoms with Crippen molar-refractivity contribution in [1.29, 1.82) is 0 Å². The van der Waals surface area contributed by atoms with E-state index in [0.29, 0.717) is 24.1 Å². The number of thiazole rings is 1. The van der Waals surface area contributed by atoms with Crippen LogP contribution in [0.15, 0.2) is 48.5 Å². The zero-order valence-electron chi connectivity index (χ0n) is 21.5. The maximum absolute atomic E-state index is 14.0. The van der Waals surface area contributed by atoms with Gasteiger partial charge in [0.2, 0.25) is 0 Å². The van der Waals surface area contributed by atoms with Crippen LogP contribution in [0.2, 0.25) is 0 Å². The molecule has 9 heteroatoms. The Labute approximate surface area is 224 Å². The molecule has 0 bridgehead atoms. The van der Waals surface area contributed by atoms with Gasteiger partial charge in [0.05, 0.1) is 21.5 Å². The van der Waals surface area contributed by atoms with E-state index in [4.69, 9.17) is 0 Å². The van der Waals surface area contributed by atoms with Crippen molar-refractivity contribution in [2.24, 2.45) is 17.8 Å². The van der Waals surface area contributed by atoms with Gasteiger partial charge in [0.25, 0.3) is 11.8 Å². The van der Waals surface area contributed by atoms with Crippen molar-refractivity contribution in [2.45, 2.75) is 45.8 Å². The van der Waals surface area contributed by atoms with E-state index in [1.54, 1.807) is 0 Å². The Morgan fingerprint density at radius 1 is 1.11 bits per heavy atom. The summed E-state index contributed by atoms with van der Waals surface area (Å²) in [6, 6.07) is 12.1. The normalized spacial score (nSPS) is 22.9. The van der Waals surface area contributed by atoms with E-state index >= 15 is 0 Å². The SMILES string of the molecule is Cc1cccc(-c2sc(C)nc2C(=O)N2C[C@@H]3CC(C)C[C@@H]3[C@H]2CNC(=O)c2cccc(C(F)(F)F)c2)c1. The third-order valence-corrected chi connectivity index (χ3v) is 8.73. The van der Waals surface area contributed by atoms with Gasteiger partial charge in [-0.3, -0.25) is 9.59 Å². The first-order valence-corrected chi connectivity index (χ1v) is 13.6. The Bertz CT molecular complexity index is 1370. The molecule has 1 N–H and O–H groups in total. The molecule has 200 valence electrons. The number of aryl methyl sites for hydroxylation is 2. The molecular weight excluding hydrogens is 511 g/mol. The first-order valence-electron chi connectivity index (χ1n) is 12.8. The van der Waals surface area contributed by atoms with Crippen molar-refractivity contribution < 1.29 is 22.8 Å². The van der Waals surface area contributed by atoms with Gasteiger partial charge in [-0.05, 0) is 68.2 Å². The monoisotopic (exact) mass is 541 g/mol. The number of likely N-dealkylation sites (tertiary alicyclic amines) is 1. The highest BCUT2D eigenvalue weighted by atomic mass is 32.1. The van der Waals surface area contributed by atoms with Crippen LogP contribution >= 0.6 is 11.3 Å². The predicted molar refractivity (Wildman–Crippen MR) is 141 cm³/mol. The molecule has 1 unspecified atom stereocenters. The van der Waals surface area contributed by atoms with Crippen LogP contribution in [0.3, 0.4) is 0 Å². The number of benzene rings is 2. The minimum absolute atomic E-state index is 0.0519. The van der Waals surface area contributed by atoms with Crippen molar-refractivity contribution >= 4 is 23.2 Å². The van der Waals surface area contributed by atoms with Crippen molar-refractivity contribution in [1.82, 2.24) is 15.2 Å². The molecule has 1 aliphatic carbocycles. The number of halogens is 3. The third kappa shape index (κ3) is 5.21. The summed E-state index contributed by atoms with van der Waals surface area (Å²) in [6.07, 6.45) is -2.58. The lowest BCUT2D eigenvalue weighted by Gasteiger charge is -2.28. The zero-order chi connectivity index (χ0) is 27.2. The molecule has 1 aromatic heterocycles. The molecule has 1 saturated carbocycles. The van der Waals surface area contributed by atoms with Gasteiger partial charge in [0.1, 0.15) is 5.69 Å². The van der Waals surface area contributed by atoms with Crippen molar-refractivity contribution in [2.75, 3.05) is 13.1 Å². The summed E-state index contributed by atoms with van der Waals surface area (Å²) in [7, 11) is 0. The number of carbonyl (C=O) groups is 2. The highest BCUT2D eigenvalue weighted by Crippen LogP contribution is 2.46. The number of alkyl halides is 3. The summed E-state index contributed by atoms with van der Waals surface area (Å²) >= 11 is 1.48. The number of hydrogen-bond donors (Lipinski definition) is 1. The number of carbonyl (C=O) groups excluding carboxylic acids is 2. The third-order valence-electron chi connectivity index (χ3n) is 7.71. The summed E-state index contributed by atoms with van der Waals surface area (Å²) in [5.41, 5.74) is 1.53. The van der Waals surface area contributed by atoms with Crippen LogP contribution in [0, 0.1) is 31.6 Å². The van der Waals surface area contributed by atoms with Gasteiger partial charge < -0.3 is 10.2 Å². The largest absolute Gasteiger partial charge is 0.416 e. The molecule has 1 aliphatic heterocycles. The Kier molecular flexibility index (Phi) is 7.07. The smallest absolute Gasteiger partial charge is 0.350 e. The van der Waals surface area contributed by atoms with Crippen LogP contribution in [0.25, 0.3) is 10.4 Å². The second kappa shape index (κ2) is 10.2. The van der Waals surface area contributed by atoms with Crippen molar-refractivity contribution in [3.63, 3.8) is 0 Å². The zero-order valence-corrected chi connectivity index (χ0v) is 22.3. The lowest BCUT2D eigenvalue weighted by atomic mass is 9.93. The van der Waals surface area contributed by atoms with Gasteiger partial charge in [0, 0.05) is 18.7 Å². The topological polar surface area (TPSA) is 62.3 Å². The number of amides is 2. The molecule has 2 heterocycles. The fraction of sp³-hybridized carbons (Fsp3) is 0.414. The molecule has 4 atom stereocenters. The Balaban J connectivity index is 1.39.